The van der Waals surface area contributed by atoms with Gasteiger partial charge in [0.05, 0.1) is 5.39 Å². The first-order valence-corrected chi connectivity index (χ1v) is 9.03. The normalized spacial score (nSPS) is 16.2. The van der Waals surface area contributed by atoms with Crippen molar-refractivity contribution in [3.63, 3.8) is 0 Å². The molecule has 0 atom stereocenters. The third-order valence-corrected chi connectivity index (χ3v) is 5.54. The first-order chi connectivity index (χ1) is 11.0. The Morgan fingerprint density at radius 2 is 2.00 bits per heavy atom. The van der Waals surface area contributed by atoms with Crippen molar-refractivity contribution in [2.75, 3.05) is 0 Å². The first kappa shape index (κ1) is 16.2. The van der Waals surface area contributed by atoms with Crippen LogP contribution < -0.4 is 5.56 Å². The van der Waals surface area contributed by atoms with Gasteiger partial charge >= 0.3 is 5.97 Å². The number of H-pyrrole nitrogens is 1. The van der Waals surface area contributed by atoms with Crippen LogP contribution in [0.1, 0.15) is 72.9 Å². The van der Waals surface area contributed by atoms with E-state index >= 15 is 0 Å². The second-order valence-corrected chi connectivity index (χ2v) is 7.51. The minimum atomic E-state index is -0.317. The molecule has 0 bridgehead atoms. The molecule has 124 valence electrons. The van der Waals surface area contributed by atoms with E-state index in [-0.39, 0.29) is 23.6 Å². The zero-order valence-corrected chi connectivity index (χ0v) is 14.6. The average molecular weight is 334 g/mol. The highest BCUT2D eigenvalue weighted by Gasteiger charge is 2.24. The van der Waals surface area contributed by atoms with Crippen molar-refractivity contribution in [3.8, 4) is 0 Å². The number of nitrogens with one attached hydrogen (secondary N) is 1. The lowest BCUT2D eigenvalue weighted by Gasteiger charge is -2.21. The number of aromatic nitrogens is 2. The lowest BCUT2D eigenvalue weighted by Crippen LogP contribution is -2.20. The molecule has 2 aromatic heterocycles. The second kappa shape index (κ2) is 6.43. The van der Waals surface area contributed by atoms with Gasteiger partial charge in [-0.05, 0) is 38.2 Å². The summed E-state index contributed by atoms with van der Waals surface area (Å²) in [5.41, 5.74) is 0.499. The van der Waals surface area contributed by atoms with Crippen molar-refractivity contribution in [3.05, 3.63) is 26.6 Å². The van der Waals surface area contributed by atoms with Gasteiger partial charge in [0.15, 0.2) is 0 Å². The summed E-state index contributed by atoms with van der Waals surface area (Å²) in [6.45, 7) is 5.74. The zero-order chi connectivity index (χ0) is 16.6. The van der Waals surface area contributed by atoms with Crippen LogP contribution in [0.15, 0.2) is 4.79 Å². The summed E-state index contributed by atoms with van der Waals surface area (Å²) >= 11 is 1.26. The number of carbonyl (C=O) groups excluding carboxylic acids is 1. The van der Waals surface area contributed by atoms with Gasteiger partial charge in [-0.25, -0.2) is 9.78 Å². The largest absolute Gasteiger partial charge is 0.458 e. The number of hydrogen-bond donors (Lipinski definition) is 1. The number of esters is 1. The number of carbonyl (C=O) groups is 1. The molecule has 0 aromatic carbocycles. The molecule has 23 heavy (non-hydrogen) atoms. The van der Waals surface area contributed by atoms with E-state index in [0.29, 0.717) is 26.5 Å². The summed E-state index contributed by atoms with van der Waals surface area (Å²) < 4.78 is 5.64. The number of nitrogens with zero attached hydrogens (tertiary/aromatic N) is 1. The topological polar surface area (TPSA) is 72.0 Å². The predicted molar refractivity (Wildman–Crippen MR) is 91.4 cm³/mol. The summed E-state index contributed by atoms with van der Waals surface area (Å²) in [5, 5.41) is 0.509. The number of rotatable bonds is 3. The van der Waals surface area contributed by atoms with E-state index in [4.69, 9.17) is 4.74 Å². The van der Waals surface area contributed by atoms with Crippen LogP contribution in [0.25, 0.3) is 10.2 Å². The average Bonchev–Trinajstić information content (AvgIpc) is 2.85. The molecular weight excluding hydrogens is 312 g/mol. The molecule has 0 saturated heterocycles. The van der Waals surface area contributed by atoms with Crippen LogP contribution in [0.5, 0.6) is 0 Å². The van der Waals surface area contributed by atoms with Gasteiger partial charge in [0.2, 0.25) is 0 Å². The van der Waals surface area contributed by atoms with E-state index in [1.54, 1.807) is 6.92 Å². The third-order valence-electron chi connectivity index (χ3n) is 4.38. The van der Waals surface area contributed by atoms with Crippen LogP contribution in [-0.4, -0.2) is 22.0 Å². The fourth-order valence-electron chi connectivity index (χ4n) is 3.02. The molecule has 2 aromatic rings. The van der Waals surface area contributed by atoms with Crippen LogP contribution in [0, 0.1) is 6.92 Å². The molecule has 5 nitrogen and oxygen atoms in total. The molecule has 0 aliphatic heterocycles. The number of hydrogen-bond acceptors (Lipinski definition) is 5. The molecule has 3 rings (SSSR count). The van der Waals surface area contributed by atoms with Crippen molar-refractivity contribution in [1.29, 1.82) is 0 Å². The van der Waals surface area contributed by atoms with E-state index < -0.39 is 0 Å². The number of thiophene rings is 1. The molecule has 0 unspecified atom stereocenters. The Balaban J connectivity index is 1.94. The Morgan fingerprint density at radius 1 is 1.30 bits per heavy atom. The molecule has 0 radical (unpaired) electrons. The predicted octanol–water partition coefficient (Wildman–Crippen LogP) is 3.91. The second-order valence-electron chi connectivity index (χ2n) is 6.51. The van der Waals surface area contributed by atoms with Gasteiger partial charge in [-0.15, -0.1) is 11.3 Å². The SMILES string of the molecule is Cc1c(C(=O)OC2CCCCC2)sc2nc(C(C)C)[nH]c(=O)c12. The third kappa shape index (κ3) is 3.17. The molecule has 1 aliphatic carbocycles. The highest BCUT2D eigenvalue weighted by atomic mass is 32.1. The van der Waals surface area contributed by atoms with Crippen molar-refractivity contribution in [1.82, 2.24) is 9.97 Å². The fourth-order valence-corrected chi connectivity index (χ4v) is 4.09. The van der Waals surface area contributed by atoms with Crippen LogP contribution in [0.2, 0.25) is 0 Å². The molecule has 1 fully saturated rings. The molecule has 1 N–H and O–H groups in total. The highest BCUT2D eigenvalue weighted by Crippen LogP contribution is 2.30. The molecule has 6 heteroatoms. The standard InChI is InChI=1S/C17H22N2O3S/c1-9(2)14-18-15(20)12-10(3)13(23-16(12)19-14)17(21)22-11-7-5-4-6-8-11/h9,11H,4-8H2,1-3H3,(H,18,19,20). The number of aromatic amines is 1. The minimum Gasteiger partial charge on any atom is -0.458 e. The molecular formula is C17H22N2O3S. The smallest absolute Gasteiger partial charge is 0.348 e. The van der Waals surface area contributed by atoms with Crippen LogP contribution >= 0.6 is 11.3 Å². The summed E-state index contributed by atoms with van der Waals surface area (Å²) in [6.07, 6.45) is 5.33. The Kier molecular flexibility index (Phi) is 4.53. The van der Waals surface area contributed by atoms with E-state index in [1.807, 2.05) is 13.8 Å². The zero-order valence-electron chi connectivity index (χ0n) is 13.8. The van der Waals surface area contributed by atoms with Crippen molar-refractivity contribution in [2.45, 2.75) is 64.9 Å². The van der Waals surface area contributed by atoms with Gasteiger partial charge in [0.1, 0.15) is 21.6 Å². The van der Waals surface area contributed by atoms with E-state index in [1.165, 1.54) is 17.8 Å². The Morgan fingerprint density at radius 3 is 2.65 bits per heavy atom. The lowest BCUT2D eigenvalue weighted by atomic mass is 9.98. The minimum absolute atomic E-state index is 0.0123. The van der Waals surface area contributed by atoms with Gasteiger partial charge in [-0.1, -0.05) is 20.3 Å². The van der Waals surface area contributed by atoms with Crippen LogP contribution in [-0.2, 0) is 4.74 Å². The Labute approximate surface area is 139 Å². The molecule has 0 spiro atoms. The van der Waals surface area contributed by atoms with Crippen LogP contribution in [0.4, 0.5) is 0 Å². The maximum absolute atomic E-state index is 12.5. The van der Waals surface area contributed by atoms with E-state index in [0.717, 1.165) is 25.7 Å². The highest BCUT2D eigenvalue weighted by molar-refractivity contribution is 7.20. The van der Waals surface area contributed by atoms with Gasteiger partial charge < -0.3 is 9.72 Å². The van der Waals surface area contributed by atoms with E-state index in [9.17, 15) is 9.59 Å². The quantitative estimate of drug-likeness (QED) is 0.864. The van der Waals surface area contributed by atoms with Gasteiger partial charge in [-0.3, -0.25) is 4.79 Å². The number of aryl methyl sites for hydroxylation is 1. The van der Waals surface area contributed by atoms with E-state index in [2.05, 4.69) is 9.97 Å². The van der Waals surface area contributed by atoms with Gasteiger partial charge in [0.25, 0.3) is 5.56 Å². The number of fused-ring (bicyclic) bond motifs is 1. The van der Waals surface area contributed by atoms with Gasteiger partial charge in [0, 0.05) is 5.92 Å². The monoisotopic (exact) mass is 334 g/mol. The maximum Gasteiger partial charge on any atom is 0.348 e. The molecule has 0 amide bonds. The Hall–Kier alpha value is -1.69. The summed E-state index contributed by atoms with van der Waals surface area (Å²) in [4.78, 5) is 33.2. The molecule has 1 aliphatic rings. The summed E-state index contributed by atoms with van der Waals surface area (Å²) in [7, 11) is 0. The lowest BCUT2D eigenvalue weighted by molar-refractivity contribution is 0.0216. The van der Waals surface area contributed by atoms with Crippen molar-refractivity contribution >= 4 is 27.5 Å². The van der Waals surface area contributed by atoms with Crippen molar-refractivity contribution in [2.24, 2.45) is 0 Å². The number of ether oxygens (including phenoxy) is 1. The van der Waals surface area contributed by atoms with Crippen molar-refractivity contribution < 1.29 is 9.53 Å². The van der Waals surface area contributed by atoms with Gasteiger partial charge in [-0.2, -0.15) is 0 Å². The van der Waals surface area contributed by atoms with Crippen LogP contribution in [0.3, 0.4) is 0 Å². The fraction of sp³-hybridized carbons (Fsp3) is 0.588. The maximum atomic E-state index is 12.5. The summed E-state index contributed by atoms with van der Waals surface area (Å²) in [5.74, 6) is 0.464. The molecule has 2 heterocycles. The summed E-state index contributed by atoms with van der Waals surface area (Å²) in [6, 6.07) is 0. The Bertz CT molecular complexity index is 785. The molecule has 1 saturated carbocycles. The first-order valence-electron chi connectivity index (χ1n) is 8.21.